The van der Waals surface area contributed by atoms with Crippen LogP contribution in [0.15, 0.2) is 24.5 Å². The van der Waals surface area contributed by atoms with Crippen LogP contribution in [-0.4, -0.2) is 40.7 Å². The summed E-state index contributed by atoms with van der Waals surface area (Å²) in [7, 11) is 0. The molecule has 0 spiro atoms. The summed E-state index contributed by atoms with van der Waals surface area (Å²) >= 11 is 0. The van der Waals surface area contributed by atoms with Crippen LogP contribution < -0.4 is 5.32 Å². The summed E-state index contributed by atoms with van der Waals surface area (Å²) in [6, 6.07) is 3.76. The van der Waals surface area contributed by atoms with Crippen LogP contribution in [0.5, 0.6) is 0 Å². The molecule has 1 aliphatic heterocycles. The number of aromatic nitrogens is 1. The van der Waals surface area contributed by atoms with Crippen molar-refractivity contribution in [1.29, 1.82) is 0 Å². The maximum atomic E-state index is 11.7. The van der Waals surface area contributed by atoms with Crippen molar-refractivity contribution in [1.82, 2.24) is 10.3 Å². The molecule has 0 saturated carbocycles. The fraction of sp³-hybridized carbons (Fsp3) is 0.500. The molecule has 1 fully saturated rings. The third kappa shape index (κ3) is 4.31. The van der Waals surface area contributed by atoms with E-state index in [1.807, 2.05) is 12.1 Å². The van der Waals surface area contributed by atoms with Crippen LogP contribution in [0, 0.1) is 0 Å². The Morgan fingerprint density at radius 1 is 1.35 bits per heavy atom. The van der Waals surface area contributed by atoms with Crippen LogP contribution >= 0.6 is 0 Å². The number of rotatable bonds is 6. The first-order chi connectivity index (χ1) is 9.65. The lowest BCUT2D eigenvalue weighted by atomic mass is 10.1. The van der Waals surface area contributed by atoms with E-state index >= 15 is 0 Å². The molecule has 6 nitrogen and oxygen atoms in total. The van der Waals surface area contributed by atoms with Crippen molar-refractivity contribution in [3.05, 3.63) is 30.1 Å². The molecular formula is C14H18N2O4. The van der Waals surface area contributed by atoms with Crippen molar-refractivity contribution in [3.63, 3.8) is 0 Å². The number of carbonyl (C=O) groups is 2. The Hall–Kier alpha value is -1.95. The number of amides is 1. The van der Waals surface area contributed by atoms with E-state index in [9.17, 15) is 9.59 Å². The molecule has 6 heteroatoms. The van der Waals surface area contributed by atoms with E-state index in [1.165, 1.54) is 0 Å². The first-order valence-corrected chi connectivity index (χ1v) is 6.69. The lowest BCUT2D eigenvalue weighted by Crippen LogP contribution is -2.33. The van der Waals surface area contributed by atoms with Crippen molar-refractivity contribution in [2.45, 2.75) is 37.9 Å². The number of carboxylic acids is 1. The molecule has 20 heavy (non-hydrogen) atoms. The fourth-order valence-corrected chi connectivity index (χ4v) is 2.16. The van der Waals surface area contributed by atoms with Crippen LogP contribution in [0.1, 0.15) is 24.8 Å². The maximum absolute atomic E-state index is 11.7. The van der Waals surface area contributed by atoms with E-state index < -0.39 is 12.1 Å². The standard InChI is InChI=1S/C14H18N2O4/c17-13(4-1-10-5-7-15-8-6-10)16-9-11-2-3-12(20-11)14(18)19/h5-8,11-12H,1-4,9H2,(H,16,17)(H,18,19). The number of ether oxygens (including phenoxy) is 1. The second-order valence-electron chi connectivity index (χ2n) is 4.82. The van der Waals surface area contributed by atoms with Gasteiger partial charge >= 0.3 is 5.97 Å². The summed E-state index contributed by atoms with van der Waals surface area (Å²) in [5.41, 5.74) is 1.07. The number of hydrogen-bond acceptors (Lipinski definition) is 4. The summed E-state index contributed by atoms with van der Waals surface area (Å²) < 4.78 is 5.31. The van der Waals surface area contributed by atoms with E-state index in [0.29, 0.717) is 32.2 Å². The predicted molar refractivity (Wildman–Crippen MR) is 71.1 cm³/mol. The van der Waals surface area contributed by atoms with Crippen LogP contribution in [0.25, 0.3) is 0 Å². The fourth-order valence-electron chi connectivity index (χ4n) is 2.16. The highest BCUT2D eigenvalue weighted by molar-refractivity contribution is 5.76. The SMILES string of the molecule is O=C(CCc1ccncc1)NCC1CCC(C(=O)O)O1. The molecule has 2 rings (SSSR count). The van der Waals surface area contributed by atoms with Crippen molar-refractivity contribution in [2.24, 2.45) is 0 Å². The maximum Gasteiger partial charge on any atom is 0.332 e. The third-order valence-corrected chi connectivity index (χ3v) is 3.30. The second-order valence-corrected chi connectivity index (χ2v) is 4.82. The van der Waals surface area contributed by atoms with Gasteiger partial charge < -0.3 is 15.2 Å². The Bertz CT molecular complexity index is 464. The lowest BCUT2D eigenvalue weighted by molar-refractivity contribution is -0.149. The molecular weight excluding hydrogens is 260 g/mol. The average molecular weight is 278 g/mol. The molecule has 2 heterocycles. The van der Waals surface area contributed by atoms with Gasteiger partial charge in [0.25, 0.3) is 0 Å². The Kier molecular flexibility index (Phi) is 5.06. The van der Waals surface area contributed by atoms with Gasteiger partial charge in [0.2, 0.25) is 5.91 Å². The van der Waals surface area contributed by atoms with Crippen LogP contribution in [0.3, 0.4) is 0 Å². The average Bonchev–Trinajstić information content (AvgIpc) is 2.93. The van der Waals surface area contributed by atoms with Gasteiger partial charge in [0.05, 0.1) is 6.10 Å². The quantitative estimate of drug-likeness (QED) is 0.802. The zero-order chi connectivity index (χ0) is 14.4. The van der Waals surface area contributed by atoms with Crippen molar-refractivity contribution in [2.75, 3.05) is 6.54 Å². The third-order valence-electron chi connectivity index (χ3n) is 3.30. The number of aryl methyl sites for hydroxylation is 1. The number of hydrogen-bond donors (Lipinski definition) is 2. The molecule has 1 saturated heterocycles. The minimum Gasteiger partial charge on any atom is -0.479 e. The Morgan fingerprint density at radius 2 is 2.10 bits per heavy atom. The highest BCUT2D eigenvalue weighted by Crippen LogP contribution is 2.19. The van der Waals surface area contributed by atoms with E-state index in [-0.39, 0.29) is 12.0 Å². The van der Waals surface area contributed by atoms with E-state index in [4.69, 9.17) is 9.84 Å². The zero-order valence-electron chi connectivity index (χ0n) is 11.1. The van der Waals surface area contributed by atoms with Gasteiger partial charge in [-0.25, -0.2) is 4.79 Å². The van der Waals surface area contributed by atoms with Gasteiger partial charge in [0, 0.05) is 25.4 Å². The summed E-state index contributed by atoms with van der Waals surface area (Å²) in [5, 5.41) is 11.6. The van der Waals surface area contributed by atoms with Gasteiger partial charge in [-0.15, -0.1) is 0 Å². The second kappa shape index (κ2) is 7.00. The molecule has 1 amide bonds. The Labute approximate surface area is 117 Å². The molecule has 1 aromatic rings. The lowest BCUT2D eigenvalue weighted by Gasteiger charge is -2.12. The molecule has 0 aromatic carbocycles. The van der Waals surface area contributed by atoms with Gasteiger partial charge in [0.15, 0.2) is 6.10 Å². The smallest absolute Gasteiger partial charge is 0.332 e. The van der Waals surface area contributed by atoms with Gasteiger partial charge in [-0.05, 0) is 37.0 Å². The van der Waals surface area contributed by atoms with E-state index in [2.05, 4.69) is 10.3 Å². The highest BCUT2D eigenvalue weighted by atomic mass is 16.5. The first kappa shape index (κ1) is 14.5. The minimum absolute atomic E-state index is 0.0517. The molecule has 108 valence electrons. The molecule has 0 bridgehead atoms. The molecule has 2 unspecified atom stereocenters. The summed E-state index contributed by atoms with van der Waals surface area (Å²) in [6.07, 6.45) is 4.72. The largest absolute Gasteiger partial charge is 0.479 e. The van der Waals surface area contributed by atoms with Crippen LogP contribution in [0.2, 0.25) is 0 Å². The molecule has 2 atom stereocenters. The number of nitrogens with zero attached hydrogens (tertiary/aromatic N) is 1. The number of carboxylic acid groups (broad SMARTS) is 1. The van der Waals surface area contributed by atoms with E-state index in [1.54, 1.807) is 12.4 Å². The van der Waals surface area contributed by atoms with E-state index in [0.717, 1.165) is 5.56 Å². The molecule has 1 aliphatic rings. The summed E-state index contributed by atoms with van der Waals surface area (Å²) in [5.74, 6) is -0.985. The van der Waals surface area contributed by atoms with Gasteiger partial charge in [-0.2, -0.15) is 0 Å². The van der Waals surface area contributed by atoms with Gasteiger partial charge in [0.1, 0.15) is 0 Å². The number of pyridine rings is 1. The molecule has 2 N–H and O–H groups in total. The predicted octanol–water partition coefficient (Wildman–Crippen LogP) is 0.763. The Balaban J connectivity index is 1.65. The van der Waals surface area contributed by atoms with Gasteiger partial charge in [-0.1, -0.05) is 0 Å². The number of aliphatic carboxylic acids is 1. The summed E-state index contributed by atoms with van der Waals surface area (Å²) in [6.45, 7) is 0.374. The number of nitrogens with one attached hydrogen (secondary N) is 1. The topological polar surface area (TPSA) is 88.5 Å². The van der Waals surface area contributed by atoms with Crippen LogP contribution in [-0.2, 0) is 20.7 Å². The highest BCUT2D eigenvalue weighted by Gasteiger charge is 2.30. The number of carbonyl (C=O) groups excluding carboxylic acids is 1. The zero-order valence-corrected chi connectivity index (χ0v) is 11.1. The molecule has 1 aromatic heterocycles. The Morgan fingerprint density at radius 3 is 2.75 bits per heavy atom. The van der Waals surface area contributed by atoms with Crippen molar-refractivity contribution < 1.29 is 19.4 Å². The van der Waals surface area contributed by atoms with Crippen LogP contribution in [0.4, 0.5) is 0 Å². The van der Waals surface area contributed by atoms with Crippen molar-refractivity contribution >= 4 is 11.9 Å². The first-order valence-electron chi connectivity index (χ1n) is 6.69. The van der Waals surface area contributed by atoms with Gasteiger partial charge in [-0.3, -0.25) is 9.78 Å². The minimum atomic E-state index is -0.934. The summed E-state index contributed by atoms with van der Waals surface area (Å²) in [4.78, 5) is 26.3. The monoisotopic (exact) mass is 278 g/mol. The molecule has 0 radical (unpaired) electrons. The normalized spacial score (nSPS) is 21.6. The van der Waals surface area contributed by atoms with Crippen molar-refractivity contribution in [3.8, 4) is 0 Å². The molecule has 0 aliphatic carbocycles.